The van der Waals surface area contributed by atoms with Gasteiger partial charge in [0, 0.05) is 26.2 Å². The third-order valence-electron chi connectivity index (χ3n) is 2.14. The Morgan fingerprint density at radius 3 is 2.71 bits per heavy atom. The van der Waals surface area contributed by atoms with E-state index >= 15 is 0 Å². The summed E-state index contributed by atoms with van der Waals surface area (Å²) in [5.74, 6) is -0.314. The summed E-state index contributed by atoms with van der Waals surface area (Å²) in [4.78, 5) is 10.7. The van der Waals surface area contributed by atoms with E-state index in [9.17, 15) is 4.79 Å². The van der Waals surface area contributed by atoms with Gasteiger partial charge in [-0.05, 0) is 25.8 Å². The van der Waals surface area contributed by atoms with Gasteiger partial charge in [0.1, 0.15) is 0 Å². The lowest BCUT2D eigenvalue weighted by atomic mass is 10.1. The molecule has 0 aromatic heterocycles. The van der Waals surface area contributed by atoms with Crippen molar-refractivity contribution in [2.75, 3.05) is 26.8 Å². The topological polar surface area (TPSA) is 64.3 Å². The first kappa shape index (κ1) is 13.4. The molecule has 84 valence electrons. The number of primary amides is 1. The first-order chi connectivity index (χ1) is 6.68. The van der Waals surface area contributed by atoms with Crippen molar-refractivity contribution in [3.63, 3.8) is 0 Å². The molecule has 4 nitrogen and oxygen atoms in total. The molecular weight excluding hydrogens is 180 g/mol. The van der Waals surface area contributed by atoms with E-state index in [1.54, 1.807) is 7.11 Å². The Labute approximate surface area is 86.2 Å². The maximum absolute atomic E-state index is 10.7. The van der Waals surface area contributed by atoms with Crippen LogP contribution in [-0.2, 0) is 9.53 Å². The van der Waals surface area contributed by atoms with Crippen molar-refractivity contribution in [3.8, 4) is 0 Å². The Balaban J connectivity index is 3.09. The van der Waals surface area contributed by atoms with Crippen LogP contribution in [0.4, 0.5) is 0 Å². The minimum Gasteiger partial charge on any atom is -0.385 e. The first-order valence-electron chi connectivity index (χ1n) is 5.17. The smallest absolute Gasteiger partial charge is 0.221 e. The van der Waals surface area contributed by atoms with Crippen LogP contribution in [0.2, 0.25) is 0 Å². The van der Waals surface area contributed by atoms with Crippen LogP contribution in [0.1, 0.15) is 26.2 Å². The van der Waals surface area contributed by atoms with Gasteiger partial charge in [0.15, 0.2) is 0 Å². The van der Waals surface area contributed by atoms with Gasteiger partial charge >= 0.3 is 0 Å². The highest BCUT2D eigenvalue weighted by atomic mass is 16.5. The molecule has 1 unspecified atom stereocenters. The molecule has 0 aliphatic rings. The molecule has 0 saturated heterocycles. The third-order valence-corrected chi connectivity index (χ3v) is 2.14. The highest BCUT2D eigenvalue weighted by molar-refractivity contribution is 5.76. The predicted octanol–water partition coefficient (Wildman–Crippen LogP) is 0.514. The fourth-order valence-electron chi connectivity index (χ4n) is 1.09. The molecule has 0 bridgehead atoms. The van der Waals surface area contributed by atoms with Crippen LogP contribution >= 0.6 is 0 Å². The normalized spacial score (nSPS) is 12.7. The first-order valence-corrected chi connectivity index (χ1v) is 5.17. The molecule has 0 rings (SSSR count). The van der Waals surface area contributed by atoms with Crippen LogP contribution in [0.3, 0.4) is 0 Å². The summed E-state index contributed by atoms with van der Waals surface area (Å²) >= 11 is 0. The van der Waals surface area contributed by atoms with Crippen LogP contribution in [0.15, 0.2) is 0 Å². The largest absolute Gasteiger partial charge is 0.385 e. The minimum atomic E-state index is -0.239. The van der Waals surface area contributed by atoms with Crippen LogP contribution in [0.5, 0.6) is 0 Å². The van der Waals surface area contributed by atoms with E-state index in [0.717, 1.165) is 32.4 Å². The number of carbonyl (C=O) groups is 1. The van der Waals surface area contributed by atoms with Crippen molar-refractivity contribution in [2.45, 2.75) is 26.2 Å². The monoisotopic (exact) mass is 202 g/mol. The molecule has 0 heterocycles. The van der Waals surface area contributed by atoms with Gasteiger partial charge in [-0.15, -0.1) is 0 Å². The number of amides is 1. The van der Waals surface area contributed by atoms with E-state index in [1.165, 1.54) is 0 Å². The fraction of sp³-hybridized carbons (Fsp3) is 0.900. The van der Waals surface area contributed by atoms with E-state index in [2.05, 4.69) is 5.32 Å². The van der Waals surface area contributed by atoms with Gasteiger partial charge in [-0.2, -0.15) is 0 Å². The number of carbonyl (C=O) groups excluding carboxylic acids is 1. The van der Waals surface area contributed by atoms with Crippen molar-refractivity contribution in [2.24, 2.45) is 11.7 Å². The van der Waals surface area contributed by atoms with Crippen molar-refractivity contribution in [1.82, 2.24) is 5.32 Å². The Kier molecular flexibility index (Phi) is 8.57. The maximum Gasteiger partial charge on any atom is 0.221 e. The summed E-state index contributed by atoms with van der Waals surface area (Å²) in [5, 5.41) is 3.20. The third kappa shape index (κ3) is 8.01. The summed E-state index contributed by atoms with van der Waals surface area (Å²) < 4.78 is 4.94. The molecule has 0 aliphatic heterocycles. The summed E-state index contributed by atoms with van der Waals surface area (Å²) in [7, 11) is 1.72. The maximum atomic E-state index is 10.7. The second-order valence-corrected chi connectivity index (χ2v) is 3.56. The fourth-order valence-corrected chi connectivity index (χ4v) is 1.09. The molecule has 0 fully saturated rings. The molecule has 0 radical (unpaired) electrons. The average molecular weight is 202 g/mol. The van der Waals surface area contributed by atoms with Crippen LogP contribution < -0.4 is 11.1 Å². The van der Waals surface area contributed by atoms with Crippen LogP contribution in [0.25, 0.3) is 0 Å². The zero-order valence-electron chi connectivity index (χ0n) is 9.21. The molecule has 0 aliphatic carbocycles. The summed E-state index contributed by atoms with van der Waals surface area (Å²) in [6, 6.07) is 0. The Morgan fingerprint density at radius 1 is 1.43 bits per heavy atom. The summed E-state index contributed by atoms with van der Waals surface area (Å²) in [6.45, 7) is 4.29. The van der Waals surface area contributed by atoms with Crippen molar-refractivity contribution in [1.29, 1.82) is 0 Å². The molecule has 1 atom stereocenters. The lowest BCUT2D eigenvalue weighted by Crippen LogP contribution is -2.31. The minimum absolute atomic E-state index is 0.0750. The van der Waals surface area contributed by atoms with Crippen LogP contribution in [-0.4, -0.2) is 32.7 Å². The number of nitrogens with one attached hydrogen (secondary N) is 1. The SMILES string of the molecule is COCCCCCNCC(C)C(N)=O. The molecule has 14 heavy (non-hydrogen) atoms. The van der Waals surface area contributed by atoms with Gasteiger partial charge in [-0.25, -0.2) is 0 Å². The molecule has 0 spiro atoms. The van der Waals surface area contributed by atoms with Gasteiger partial charge < -0.3 is 15.8 Å². The summed E-state index contributed by atoms with van der Waals surface area (Å²) in [6.07, 6.45) is 3.38. The van der Waals surface area contributed by atoms with Crippen molar-refractivity contribution < 1.29 is 9.53 Å². The molecule has 0 aromatic rings. The van der Waals surface area contributed by atoms with E-state index in [0.29, 0.717) is 6.54 Å². The van der Waals surface area contributed by atoms with E-state index < -0.39 is 0 Å². The summed E-state index contributed by atoms with van der Waals surface area (Å²) in [5.41, 5.74) is 5.12. The number of nitrogens with two attached hydrogens (primary N) is 1. The number of rotatable bonds is 9. The van der Waals surface area contributed by atoms with Crippen molar-refractivity contribution in [3.05, 3.63) is 0 Å². The number of unbranched alkanes of at least 4 members (excludes halogenated alkanes) is 2. The van der Waals surface area contributed by atoms with Gasteiger partial charge in [0.2, 0.25) is 5.91 Å². The van der Waals surface area contributed by atoms with E-state index in [-0.39, 0.29) is 11.8 Å². The molecular formula is C10H22N2O2. The quantitative estimate of drug-likeness (QED) is 0.536. The van der Waals surface area contributed by atoms with E-state index in [1.807, 2.05) is 6.92 Å². The zero-order valence-corrected chi connectivity index (χ0v) is 9.21. The number of methoxy groups -OCH3 is 1. The lowest BCUT2D eigenvalue weighted by molar-refractivity contribution is -0.121. The second-order valence-electron chi connectivity index (χ2n) is 3.56. The standard InChI is InChI=1S/C10H22N2O2/c1-9(10(11)13)8-12-6-4-3-5-7-14-2/h9,12H,3-8H2,1-2H3,(H2,11,13). The van der Waals surface area contributed by atoms with Gasteiger partial charge in [-0.3, -0.25) is 4.79 Å². The second kappa shape index (κ2) is 8.97. The van der Waals surface area contributed by atoms with E-state index in [4.69, 9.17) is 10.5 Å². The highest BCUT2D eigenvalue weighted by Crippen LogP contribution is 1.95. The van der Waals surface area contributed by atoms with Crippen LogP contribution in [0, 0.1) is 5.92 Å². The Morgan fingerprint density at radius 2 is 2.14 bits per heavy atom. The highest BCUT2D eigenvalue weighted by Gasteiger charge is 2.06. The average Bonchev–Trinajstić information content (AvgIpc) is 2.16. The molecule has 3 N–H and O–H groups in total. The Hall–Kier alpha value is -0.610. The molecule has 0 saturated carbocycles. The Bertz CT molecular complexity index is 151. The van der Waals surface area contributed by atoms with Crippen molar-refractivity contribution >= 4 is 5.91 Å². The molecule has 4 heteroatoms. The number of ether oxygens (including phenoxy) is 1. The molecule has 0 aromatic carbocycles. The zero-order chi connectivity index (χ0) is 10.8. The predicted molar refractivity (Wildman–Crippen MR) is 57.0 cm³/mol. The van der Waals surface area contributed by atoms with Gasteiger partial charge in [-0.1, -0.05) is 6.92 Å². The van der Waals surface area contributed by atoms with Gasteiger partial charge in [0.25, 0.3) is 0 Å². The number of hydrogen-bond acceptors (Lipinski definition) is 3. The lowest BCUT2D eigenvalue weighted by Gasteiger charge is -2.08. The molecule has 1 amide bonds. The number of hydrogen-bond donors (Lipinski definition) is 2. The van der Waals surface area contributed by atoms with Gasteiger partial charge in [0.05, 0.1) is 0 Å².